The molecule has 4 rings (SSSR count). The van der Waals surface area contributed by atoms with Crippen LogP contribution in [0.3, 0.4) is 0 Å². The number of aliphatic hydroxyl groups is 1. The molecule has 3 heterocycles. The Bertz CT molecular complexity index is 977. The number of nitrogens with one attached hydrogen (secondary N) is 3. The lowest BCUT2D eigenvalue weighted by atomic mass is 9.99. The Hall–Kier alpha value is -2.23. The van der Waals surface area contributed by atoms with E-state index >= 15 is 0 Å². The summed E-state index contributed by atoms with van der Waals surface area (Å²) >= 11 is 1.34. The third kappa shape index (κ3) is 3.02. The number of imidazole rings is 1. The van der Waals surface area contributed by atoms with Gasteiger partial charge in [0.15, 0.2) is 0 Å². The molecule has 138 valence electrons. The van der Waals surface area contributed by atoms with Crippen molar-refractivity contribution in [3.8, 4) is 0 Å². The monoisotopic (exact) mass is 374 g/mol. The van der Waals surface area contributed by atoms with E-state index < -0.39 is 6.10 Å². The third-order valence-corrected chi connectivity index (χ3v) is 5.63. The molecule has 1 aliphatic heterocycles. The third-order valence-electron chi connectivity index (χ3n) is 4.86. The number of para-hydroxylation sites is 1. The summed E-state index contributed by atoms with van der Waals surface area (Å²) < 4.78 is 6.06. The molecule has 0 saturated carbocycles. The summed E-state index contributed by atoms with van der Waals surface area (Å²) in [6, 6.07) is 5.59. The maximum absolute atomic E-state index is 12.2. The van der Waals surface area contributed by atoms with Gasteiger partial charge in [0.25, 0.3) is 0 Å². The molecule has 1 aliphatic rings. The van der Waals surface area contributed by atoms with Crippen LogP contribution in [-0.2, 0) is 13.0 Å². The lowest BCUT2D eigenvalue weighted by molar-refractivity contribution is 0.119. The molecule has 0 spiro atoms. The smallest absolute Gasteiger partial charge is 0.326 e. The van der Waals surface area contributed by atoms with Crippen molar-refractivity contribution >= 4 is 27.7 Å². The first kappa shape index (κ1) is 17.2. The molecule has 26 heavy (non-hydrogen) atoms. The maximum atomic E-state index is 12.2. The summed E-state index contributed by atoms with van der Waals surface area (Å²) in [6.45, 7) is 2.63. The van der Waals surface area contributed by atoms with Gasteiger partial charge in [-0.05, 0) is 19.4 Å². The van der Waals surface area contributed by atoms with E-state index in [2.05, 4.69) is 31.9 Å². The van der Waals surface area contributed by atoms with Gasteiger partial charge < -0.3 is 20.7 Å². The number of aryl methyl sites for hydroxylation is 1. The number of hydrogen-bond acceptors (Lipinski definition) is 7. The molecule has 0 bridgehead atoms. The molecule has 8 nitrogen and oxygen atoms in total. The van der Waals surface area contributed by atoms with Gasteiger partial charge in [0.1, 0.15) is 5.82 Å². The van der Waals surface area contributed by atoms with E-state index in [1.807, 2.05) is 25.2 Å². The van der Waals surface area contributed by atoms with Crippen molar-refractivity contribution in [2.24, 2.45) is 0 Å². The standard InChI is InChI=1S/C17H22N6O2S/c1-9(8-13-21-16(18-2)26-22-13)19-12-6-7-23-14-10(15(12)24)4-3-5-11(14)20-17(23)25/h3-5,9,12,15,19,24H,6-8H2,1-2H3,(H,20,25)(H,18,21,22). The van der Waals surface area contributed by atoms with Gasteiger partial charge in [0, 0.05) is 49.2 Å². The normalized spacial score (nSPS) is 20.9. The zero-order valence-electron chi connectivity index (χ0n) is 14.7. The zero-order chi connectivity index (χ0) is 18.3. The SMILES string of the molecule is CNc1nc(CC(C)NC2CCn3c(=O)[nH]c4cccc(c43)C2O)ns1. The van der Waals surface area contributed by atoms with Crippen LogP contribution in [0.5, 0.6) is 0 Å². The lowest BCUT2D eigenvalue weighted by Gasteiger charge is -2.26. The van der Waals surface area contributed by atoms with Gasteiger partial charge in [0.2, 0.25) is 5.13 Å². The molecule has 0 radical (unpaired) electrons. The first-order valence-electron chi connectivity index (χ1n) is 8.72. The average molecular weight is 374 g/mol. The van der Waals surface area contributed by atoms with E-state index in [0.717, 1.165) is 27.6 Å². The van der Waals surface area contributed by atoms with Gasteiger partial charge >= 0.3 is 5.69 Å². The average Bonchev–Trinajstić information content (AvgIpc) is 3.17. The molecule has 0 amide bonds. The molecule has 1 aromatic carbocycles. The van der Waals surface area contributed by atoms with E-state index in [1.54, 1.807) is 4.57 Å². The van der Waals surface area contributed by atoms with Crippen molar-refractivity contribution < 1.29 is 5.11 Å². The van der Waals surface area contributed by atoms with Crippen LogP contribution in [0.15, 0.2) is 23.0 Å². The van der Waals surface area contributed by atoms with Crippen LogP contribution in [0.2, 0.25) is 0 Å². The predicted octanol–water partition coefficient (Wildman–Crippen LogP) is 1.25. The molecule has 3 aromatic rings. The zero-order valence-corrected chi connectivity index (χ0v) is 15.5. The van der Waals surface area contributed by atoms with Crippen molar-refractivity contribution in [1.29, 1.82) is 0 Å². The van der Waals surface area contributed by atoms with Gasteiger partial charge in [-0.3, -0.25) is 4.57 Å². The van der Waals surface area contributed by atoms with Crippen LogP contribution in [0.25, 0.3) is 11.0 Å². The van der Waals surface area contributed by atoms with Crippen molar-refractivity contribution in [2.45, 2.75) is 44.5 Å². The van der Waals surface area contributed by atoms with Crippen molar-refractivity contribution in [3.63, 3.8) is 0 Å². The Kier molecular flexibility index (Phi) is 4.51. The molecule has 9 heteroatoms. The molecule has 0 saturated heterocycles. The number of rotatable bonds is 5. The van der Waals surface area contributed by atoms with Gasteiger partial charge in [-0.15, -0.1) is 0 Å². The highest BCUT2D eigenvalue weighted by Crippen LogP contribution is 2.30. The Balaban J connectivity index is 1.54. The Morgan fingerprint density at radius 3 is 3.12 bits per heavy atom. The maximum Gasteiger partial charge on any atom is 0.326 e. The van der Waals surface area contributed by atoms with Crippen molar-refractivity contribution in [2.75, 3.05) is 12.4 Å². The largest absolute Gasteiger partial charge is 0.387 e. The van der Waals surface area contributed by atoms with E-state index in [4.69, 9.17) is 0 Å². The second-order valence-electron chi connectivity index (χ2n) is 6.70. The second kappa shape index (κ2) is 6.82. The number of anilines is 1. The number of hydrogen-bond donors (Lipinski definition) is 4. The van der Waals surface area contributed by atoms with Gasteiger partial charge in [0.05, 0.1) is 17.1 Å². The molecule has 3 unspecified atom stereocenters. The predicted molar refractivity (Wildman–Crippen MR) is 102 cm³/mol. The van der Waals surface area contributed by atoms with E-state index in [-0.39, 0.29) is 17.8 Å². The molecular weight excluding hydrogens is 352 g/mol. The minimum Gasteiger partial charge on any atom is -0.387 e. The summed E-state index contributed by atoms with van der Waals surface area (Å²) in [6.07, 6.45) is 0.666. The number of aromatic amines is 1. The topological polar surface area (TPSA) is 108 Å². The fraction of sp³-hybridized carbons (Fsp3) is 0.471. The Morgan fingerprint density at radius 1 is 1.50 bits per heavy atom. The first-order valence-corrected chi connectivity index (χ1v) is 9.50. The molecule has 2 aromatic heterocycles. The van der Waals surface area contributed by atoms with Gasteiger partial charge in [-0.1, -0.05) is 12.1 Å². The van der Waals surface area contributed by atoms with E-state index in [0.29, 0.717) is 19.4 Å². The summed E-state index contributed by atoms with van der Waals surface area (Å²) in [4.78, 5) is 19.5. The highest BCUT2D eigenvalue weighted by Gasteiger charge is 2.29. The minimum absolute atomic E-state index is 0.101. The van der Waals surface area contributed by atoms with Crippen LogP contribution in [0, 0.1) is 0 Å². The summed E-state index contributed by atoms with van der Waals surface area (Å²) in [7, 11) is 1.82. The molecule has 0 fully saturated rings. The number of nitrogens with zero attached hydrogens (tertiary/aromatic N) is 3. The Morgan fingerprint density at radius 2 is 2.35 bits per heavy atom. The number of H-pyrrole nitrogens is 1. The van der Waals surface area contributed by atoms with Crippen LogP contribution in [0.1, 0.15) is 30.8 Å². The molecular formula is C17H22N6O2S. The summed E-state index contributed by atoms with van der Waals surface area (Å²) in [5.74, 6) is 0.785. The fourth-order valence-electron chi connectivity index (χ4n) is 3.65. The van der Waals surface area contributed by atoms with Crippen LogP contribution in [-0.4, -0.2) is 43.1 Å². The van der Waals surface area contributed by atoms with Gasteiger partial charge in [-0.2, -0.15) is 4.37 Å². The van der Waals surface area contributed by atoms with Crippen molar-refractivity contribution in [3.05, 3.63) is 40.1 Å². The molecule has 3 atom stereocenters. The summed E-state index contributed by atoms with van der Waals surface area (Å²) in [5.41, 5.74) is 2.24. The van der Waals surface area contributed by atoms with E-state index in [9.17, 15) is 9.90 Å². The second-order valence-corrected chi connectivity index (χ2v) is 7.45. The molecule has 0 aliphatic carbocycles. The van der Waals surface area contributed by atoms with Crippen molar-refractivity contribution in [1.82, 2.24) is 24.2 Å². The summed E-state index contributed by atoms with van der Waals surface area (Å²) in [5, 5.41) is 18.2. The quantitative estimate of drug-likeness (QED) is 0.535. The Labute approximate surface area is 154 Å². The van der Waals surface area contributed by atoms with E-state index in [1.165, 1.54) is 11.5 Å². The van der Waals surface area contributed by atoms with Crippen LogP contribution in [0.4, 0.5) is 5.13 Å². The minimum atomic E-state index is -0.679. The van der Waals surface area contributed by atoms with Crippen LogP contribution < -0.4 is 16.3 Å². The molecule has 4 N–H and O–H groups in total. The van der Waals surface area contributed by atoms with Gasteiger partial charge in [-0.25, -0.2) is 9.78 Å². The van der Waals surface area contributed by atoms with Crippen LogP contribution >= 0.6 is 11.5 Å². The number of aromatic nitrogens is 4. The lowest BCUT2D eigenvalue weighted by Crippen LogP contribution is -2.42. The first-order chi connectivity index (χ1) is 12.6. The number of aliphatic hydroxyl groups excluding tert-OH is 1. The number of benzene rings is 1. The fourth-order valence-corrected chi connectivity index (χ4v) is 4.20. The highest BCUT2D eigenvalue weighted by atomic mass is 32.1. The highest BCUT2D eigenvalue weighted by molar-refractivity contribution is 7.09.